The van der Waals surface area contributed by atoms with Crippen molar-refractivity contribution in [1.29, 1.82) is 0 Å². The van der Waals surface area contributed by atoms with Gasteiger partial charge < -0.3 is 24.4 Å². The van der Waals surface area contributed by atoms with Crippen LogP contribution in [0, 0.1) is 23.0 Å². The Morgan fingerprint density at radius 1 is 1.26 bits per heavy atom. The zero-order valence-corrected chi connectivity index (χ0v) is 16.9. The number of ether oxygens (including phenoxy) is 1. The summed E-state index contributed by atoms with van der Waals surface area (Å²) in [4.78, 5) is 25.3. The fourth-order valence-electron chi connectivity index (χ4n) is 5.60. The van der Waals surface area contributed by atoms with Gasteiger partial charge in [0, 0.05) is 31.7 Å². The maximum Gasteiger partial charge on any atom is 0.511 e. The van der Waals surface area contributed by atoms with Gasteiger partial charge in [-0.3, -0.25) is 4.79 Å². The molecule has 0 bridgehead atoms. The first-order chi connectivity index (χ1) is 14.8. The molecule has 0 amide bonds. The van der Waals surface area contributed by atoms with E-state index in [-0.39, 0.29) is 40.6 Å². The minimum absolute atomic E-state index is 0.0318. The van der Waals surface area contributed by atoms with E-state index >= 15 is 8.78 Å². The molecule has 2 N–H and O–H groups in total. The van der Waals surface area contributed by atoms with Crippen molar-refractivity contribution in [3.05, 3.63) is 34.1 Å². The Kier molecular flexibility index (Phi) is 4.69. The lowest BCUT2D eigenvalue weighted by molar-refractivity contribution is 0.137. The molecule has 0 radical (unpaired) electrons. The van der Waals surface area contributed by atoms with E-state index in [1.54, 1.807) is 4.90 Å². The maximum absolute atomic E-state index is 15.9. The highest BCUT2D eigenvalue weighted by Gasteiger charge is 2.48. The van der Waals surface area contributed by atoms with Crippen LogP contribution in [-0.2, 0) is 0 Å². The number of aliphatic hydroxyl groups is 1. The molecule has 1 atom stereocenters. The van der Waals surface area contributed by atoms with Crippen LogP contribution >= 0.6 is 0 Å². The summed E-state index contributed by atoms with van der Waals surface area (Å²) in [6.07, 6.45) is 4.97. The Bertz CT molecular complexity index is 1120. The number of aliphatic hydroxyl groups excluding tert-OH is 1. The molecule has 1 unspecified atom stereocenters. The summed E-state index contributed by atoms with van der Waals surface area (Å²) < 4.78 is 37.1. The van der Waals surface area contributed by atoms with Crippen molar-refractivity contribution < 1.29 is 28.5 Å². The summed E-state index contributed by atoms with van der Waals surface area (Å²) in [7, 11) is 0. The zero-order valence-electron chi connectivity index (χ0n) is 16.9. The summed E-state index contributed by atoms with van der Waals surface area (Å²) in [5.41, 5.74) is -1.22. The second-order valence-electron chi connectivity index (χ2n) is 9.08. The van der Waals surface area contributed by atoms with Gasteiger partial charge in [0.15, 0.2) is 11.6 Å². The smallest absolute Gasteiger partial charge is 0.449 e. The van der Waals surface area contributed by atoms with Crippen molar-refractivity contribution in [3.8, 4) is 5.75 Å². The molecule has 9 heteroatoms. The lowest BCUT2D eigenvalue weighted by atomic mass is 9.77. The van der Waals surface area contributed by atoms with E-state index in [9.17, 15) is 14.7 Å². The van der Waals surface area contributed by atoms with Gasteiger partial charge in [0.1, 0.15) is 11.5 Å². The van der Waals surface area contributed by atoms with Gasteiger partial charge >= 0.3 is 6.16 Å². The fraction of sp³-hybridized carbons (Fsp3) is 0.545. The molecular weight excluding hydrogens is 410 g/mol. The molecule has 1 saturated heterocycles. The van der Waals surface area contributed by atoms with Gasteiger partial charge in [0.2, 0.25) is 5.43 Å². The minimum Gasteiger partial charge on any atom is -0.449 e. The summed E-state index contributed by atoms with van der Waals surface area (Å²) in [6, 6.07) is 0.883. The molecule has 1 spiro atoms. The monoisotopic (exact) mass is 434 g/mol. The predicted molar refractivity (Wildman–Crippen MR) is 109 cm³/mol. The summed E-state index contributed by atoms with van der Waals surface area (Å²) in [5.74, 6) is -2.22. The Morgan fingerprint density at radius 2 is 1.97 bits per heavy atom. The molecule has 7 nitrogen and oxygen atoms in total. The van der Waals surface area contributed by atoms with Crippen LogP contribution in [0.2, 0.25) is 0 Å². The number of hydrogen-bond donors (Lipinski definition) is 2. The fourth-order valence-corrected chi connectivity index (χ4v) is 5.60. The van der Waals surface area contributed by atoms with E-state index in [0.29, 0.717) is 13.1 Å². The number of rotatable bonds is 4. The van der Waals surface area contributed by atoms with Crippen molar-refractivity contribution in [2.75, 3.05) is 24.6 Å². The highest BCUT2D eigenvalue weighted by molar-refractivity contribution is 5.86. The van der Waals surface area contributed by atoms with Crippen molar-refractivity contribution in [2.24, 2.45) is 11.3 Å². The van der Waals surface area contributed by atoms with Crippen LogP contribution in [0.1, 0.15) is 44.6 Å². The number of aromatic nitrogens is 1. The number of halogens is 2. The van der Waals surface area contributed by atoms with Crippen molar-refractivity contribution in [2.45, 2.75) is 44.6 Å². The van der Waals surface area contributed by atoms with Crippen molar-refractivity contribution in [1.82, 2.24) is 4.57 Å². The van der Waals surface area contributed by atoms with E-state index < -0.39 is 29.0 Å². The van der Waals surface area contributed by atoms with Crippen LogP contribution < -0.4 is 15.1 Å². The van der Waals surface area contributed by atoms with Gasteiger partial charge in [-0.1, -0.05) is 12.8 Å². The number of nitrogens with zero attached hydrogens (tertiary/aromatic N) is 2. The molecule has 3 aliphatic rings. The van der Waals surface area contributed by atoms with Crippen LogP contribution in [-0.4, -0.2) is 40.6 Å². The second kappa shape index (κ2) is 7.19. The van der Waals surface area contributed by atoms with Crippen LogP contribution in [0.3, 0.4) is 0 Å². The Hall–Kier alpha value is -2.68. The predicted octanol–water partition coefficient (Wildman–Crippen LogP) is 3.66. The molecule has 2 aromatic rings. The number of carbonyl (C=O) groups is 1. The Labute approximate surface area is 176 Å². The van der Waals surface area contributed by atoms with Crippen LogP contribution in [0.15, 0.2) is 17.1 Å². The summed E-state index contributed by atoms with van der Waals surface area (Å²) in [5, 5.41) is 18.6. The highest BCUT2D eigenvalue weighted by Crippen LogP contribution is 2.51. The molecule has 31 heavy (non-hydrogen) atoms. The third kappa shape index (κ3) is 3.17. The van der Waals surface area contributed by atoms with E-state index in [0.717, 1.165) is 44.6 Å². The summed E-state index contributed by atoms with van der Waals surface area (Å²) >= 11 is 0. The van der Waals surface area contributed by atoms with Crippen LogP contribution in [0.25, 0.3) is 10.9 Å². The number of anilines is 1. The molecule has 1 aliphatic heterocycles. The lowest BCUT2D eigenvalue weighted by Gasteiger charge is -2.28. The quantitative estimate of drug-likeness (QED) is 0.714. The average Bonchev–Trinajstić information content (AvgIpc) is 3.36. The SMILES string of the molecule is O=C(O)Oc1cn(C2CC2)c2c(F)c(N3CC(CO)C4(CCCC4)C3)c(F)cc2c1=O. The molecule has 166 valence electrons. The average molecular weight is 434 g/mol. The van der Waals surface area contributed by atoms with E-state index in [4.69, 9.17) is 5.11 Å². The highest BCUT2D eigenvalue weighted by atomic mass is 19.1. The number of hydrogen-bond acceptors (Lipinski definition) is 5. The first-order valence-electron chi connectivity index (χ1n) is 10.7. The minimum atomic E-state index is -1.66. The van der Waals surface area contributed by atoms with E-state index in [1.807, 2.05) is 0 Å². The molecule has 2 saturated carbocycles. The molecule has 2 aliphatic carbocycles. The zero-order chi connectivity index (χ0) is 21.9. The van der Waals surface area contributed by atoms with Gasteiger partial charge in [-0.15, -0.1) is 0 Å². The summed E-state index contributed by atoms with van der Waals surface area (Å²) in [6.45, 7) is 0.783. The van der Waals surface area contributed by atoms with Crippen molar-refractivity contribution in [3.63, 3.8) is 0 Å². The molecule has 1 aromatic heterocycles. The van der Waals surface area contributed by atoms with Crippen LogP contribution in [0.5, 0.6) is 5.75 Å². The molecular formula is C22H24F2N2O5. The first kappa shape index (κ1) is 20.2. The normalized spacial score (nSPS) is 22.5. The van der Waals surface area contributed by atoms with Gasteiger partial charge in [-0.05, 0) is 37.2 Å². The lowest BCUT2D eigenvalue weighted by Crippen LogP contribution is -2.29. The molecule has 5 rings (SSSR count). The topological polar surface area (TPSA) is 92.0 Å². The van der Waals surface area contributed by atoms with Gasteiger partial charge in [-0.25, -0.2) is 13.6 Å². The Balaban J connectivity index is 1.66. The first-order valence-corrected chi connectivity index (χ1v) is 10.7. The van der Waals surface area contributed by atoms with E-state index in [1.165, 1.54) is 10.8 Å². The largest absolute Gasteiger partial charge is 0.511 e. The number of benzene rings is 1. The third-order valence-electron chi connectivity index (χ3n) is 7.24. The second-order valence-corrected chi connectivity index (χ2v) is 9.08. The van der Waals surface area contributed by atoms with Gasteiger partial charge in [-0.2, -0.15) is 0 Å². The number of fused-ring (bicyclic) bond motifs is 1. The number of pyridine rings is 1. The number of carboxylic acid groups (broad SMARTS) is 1. The van der Waals surface area contributed by atoms with E-state index in [2.05, 4.69) is 4.74 Å². The van der Waals surface area contributed by atoms with Crippen molar-refractivity contribution >= 4 is 22.7 Å². The molecule has 2 heterocycles. The standard InChI is InChI=1S/C22H24F2N2O5/c23-15-7-14-18(26(13-3-4-13)9-16(20(14)28)31-21(29)30)17(24)19(15)25-8-12(10-27)22(11-25)5-1-2-6-22/h7,9,12-13,27H,1-6,8,10-11H2,(H,29,30). The molecule has 3 fully saturated rings. The third-order valence-corrected chi connectivity index (χ3v) is 7.24. The maximum atomic E-state index is 15.9. The van der Waals surface area contributed by atoms with Gasteiger partial charge in [0.05, 0.1) is 17.1 Å². The van der Waals surface area contributed by atoms with Crippen LogP contribution in [0.4, 0.5) is 19.3 Å². The molecule has 1 aromatic carbocycles. The van der Waals surface area contributed by atoms with Gasteiger partial charge in [0.25, 0.3) is 0 Å². The Morgan fingerprint density at radius 3 is 2.58 bits per heavy atom.